The van der Waals surface area contributed by atoms with Crippen LogP contribution in [0.2, 0.25) is 0 Å². The summed E-state index contributed by atoms with van der Waals surface area (Å²) in [6, 6.07) is 17.3. The first-order valence-electron chi connectivity index (χ1n) is 7.57. The number of benzene rings is 2. The fourth-order valence-electron chi connectivity index (χ4n) is 2.31. The highest BCUT2D eigenvalue weighted by molar-refractivity contribution is 8.02. The van der Waals surface area contributed by atoms with Gasteiger partial charge in [-0.2, -0.15) is 0 Å². The van der Waals surface area contributed by atoms with Gasteiger partial charge in [0.1, 0.15) is 0 Å². The Hall–Kier alpha value is -0.940. The molecule has 2 heterocycles. The summed E-state index contributed by atoms with van der Waals surface area (Å²) in [5.41, 5.74) is 2.61. The standard InChI is InChI=1S/C18H18O2S2/c1-2-5-13(6-3-1)16-7-4-8-17(21-11-14-9-19-14)18(16)22-12-15-10-20-15/h1-8,14-15H,9-12H2. The number of epoxide rings is 2. The summed E-state index contributed by atoms with van der Waals surface area (Å²) >= 11 is 3.84. The molecule has 2 aliphatic heterocycles. The van der Waals surface area contributed by atoms with Crippen molar-refractivity contribution in [3.8, 4) is 11.1 Å². The Kier molecular flexibility index (Phi) is 4.44. The topological polar surface area (TPSA) is 25.1 Å². The number of thioether (sulfide) groups is 2. The molecule has 4 heteroatoms. The molecule has 2 aliphatic rings. The molecule has 22 heavy (non-hydrogen) atoms. The summed E-state index contributed by atoms with van der Waals surface area (Å²) in [7, 11) is 0. The quantitative estimate of drug-likeness (QED) is 0.557. The minimum atomic E-state index is 0.443. The molecule has 0 bridgehead atoms. The van der Waals surface area contributed by atoms with Gasteiger partial charge in [0.05, 0.1) is 25.4 Å². The predicted molar refractivity (Wildman–Crippen MR) is 92.8 cm³/mol. The van der Waals surface area contributed by atoms with Crippen LogP contribution in [0.5, 0.6) is 0 Å². The average molecular weight is 330 g/mol. The summed E-state index contributed by atoms with van der Waals surface area (Å²) in [6.07, 6.45) is 0.897. The molecule has 0 amide bonds. The molecule has 2 fully saturated rings. The number of hydrogen-bond donors (Lipinski definition) is 0. The highest BCUT2D eigenvalue weighted by atomic mass is 32.2. The fourth-order valence-corrected chi connectivity index (χ4v) is 4.73. The molecule has 0 radical (unpaired) electrons. The zero-order valence-electron chi connectivity index (χ0n) is 12.2. The highest BCUT2D eigenvalue weighted by Crippen LogP contribution is 2.40. The molecular formula is C18H18O2S2. The molecule has 0 aromatic heterocycles. The molecule has 2 saturated heterocycles. The monoisotopic (exact) mass is 330 g/mol. The van der Waals surface area contributed by atoms with E-state index in [1.165, 1.54) is 20.9 Å². The molecule has 2 aromatic carbocycles. The van der Waals surface area contributed by atoms with Crippen molar-refractivity contribution in [2.75, 3.05) is 24.7 Å². The molecule has 4 rings (SSSR count). The predicted octanol–water partition coefficient (Wildman–Crippen LogP) is 4.34. The first kappa shape index (κ1) is 14.6. The van der Waals surface area contributed by atoms with E-state index >= 15 is 0 Å². The van der Waals surface area contributed by atoms with E-state index in [1.807, 2.05) is 23.5 Å². The van der Waals surface area contributed by atoms with Crippen molar-refractivity contribution in [3.63, 3.8) is 0 Å². The van der Waals surface area contributed by atoms with Crippen LogP contribution < -0.4 is 0 Å². The lowest BCUT2D eigenvalue weighted by Crippen LogP contribution is -1.95. The van der Waals surface area contributed by atoms with Crippen LogP contribution in [0.4, 0.5) is 0 Å². The van der Waals surface area contributed by atoms with Crippen LogP contribution >= 0.6 is 23.5 Å². The smallest absolute Gasteiger partial charge is 0.0903 e. The third-order valence-corrected chi connectivity index (χ3v) is 6.29. The van der Waals surface area contributed by atoms with Gasteiger partial charge in [0.2, 0.25) is 0 Å². The maximum absolute atomic E-state index is 5.38. The van der Waals surface area contributed by atoms with E-state index in [1.54, 1.807) is 0 Å². The van der Waals surface area contributed by atoms with Crippen LogP contribution in [0.15, 0.2) is 58.3 Å². The van der Waals surface area contributed by atoms with Crippen LogP contribution in [0, 0.1) is 0 Å². The van der Waals surface area contributed by atoms with Gasteiger partial charge >= 0.3 is 0 Å². The van der Waals surface area contributed by atoms with Crippen molar-refractivity contribution in [1.29, 1.82) is 0 Å². The van der Waals surface area contributed by atoms with Crippen molar-refractivity contribution < 1.29 is 9.47 Å². The van der Waals surface area contributed by atoms with Gasteiger partial charge in [-0.1, -0.05) is 42.5 Å². The zero-order valence-corrected chi connectivity index (χ0v) is 13.9. The van der Waals surface area contributed by atoms with Crippen LogP contribution in [-0.2, 0) is 9.47 Å². The summed E-state index contributed by atoms with van der Waals surface area (Å²) in [5, 5.41) is 0. The van der Waals surface area contributed by atoms with E-state index in [4.69, 9.17) is 9.47 Å². The van der Waals surface area contributed by atoms with Gasteiger partial charge < -0.3 is 9.47 Å². The van der Waals surface area contributed by atoms with E-state index in [9.17, 15) is 0 Å². The van der Waals surface area contributed by atoms with Crippen molar-refractivity contribution in [1.82, 2.24) is 0 Å². The Morgan fingerprint density at radius 1 is 0.818 bits per heavy atom. The van der Waals surface area contributed by atoms with Gasteiger partial charge in [-0.25, -0.2) is 0 Å². The minimum absolute atomic E-state index is 0.443. The van der Waals surface area contributed by atoms with Gasteiger partial charge in [-0.15, -0.1) is 23.5 Å². The Morgan fingerprint density at radius 2 is 1.50 bits per heavy atom. The van der Waals surface area contributed by atoms with E-state index in [-0.39, 0.29) is 0 Å². The Balaban J connectivity index is 1.63. The van der Waals surface area contributed by atoms with Gasteiger partial charge in [-0.05, 0) is 17.2 Å². The third kappa shape index (κ3) is 3.69. The zero-order chi connectivity index (χ0) is 14.8. The molecule has 2 nitrogen and oxygen atoms in total. The Bertz CT molecular complexity index is 637. The largest absolute Gasteiger partial charge is 0.372 e. The normalized spacial score (nSPS) is 22.5. The van der Waals surface area contributed by atoms with Crippen LogP contribution in [0.25, 0.3) is 11.1 Å². The minimum Gasteiger partial charge on any atom is -0.372 e. The van der Waals surface area contributed by atoms with Crippen molar-refractivity contribution in [2.24, 2.45) is 0 Å². The molecule has 2 aromatic rings. The van der Waals surface area contributed by atoms with Crippen molar-refractivity contribution in [2.45, 2.75) is 22.0 Å². The van der Waals surface area contributed by atoms with Gasteiger partial charge in [0, 0.05) is 21.3 Å². The van der Waals surface area contributed by atoms with Gasteiger partial charge in [-0.3, -0.25) is 0 Å². The molecule has 0 spiro atoms. The van der Waals surface area contributed by atoms with Crippen LogP contribution in [0.1, 0.15) is 0 Å². The Morgan fingerprint density at radius 3 is 2.18 bits per heavy atom. The molecule has 0 saturated carbocycles. The van der Waals surface area contributed by atoms with Crippen molar-refractivity contribution in [3.05, 3.63) is 48.5 Å². The molecule has 0 aliphatic carbocycles. The van der Waals surface area contributed by atoms with Crippen LogP contribution in [0.3, 0.4) is 0 Å². The molecule has 0 N–H and O–H groups in total. The second-order valence-corrected chi connectivity index (χ2v) is 7.62. The van der Waals surface area contributed by atoms with Crippen molar-refractivity contribution >= 4 is 23.5 Å². The summed E-state index contributed by atoms with van der Waals surface area (Å²) < 4.78 is 10.7. The second-order valence-electron chi connectivity index (χ2n) is 5.53. The fraction of sp³-hybridized carbons (Fsp3) is 0.333. The SMILES string of the molecule is c1ccc(-c2cccc(SCC3CO3)c2SCC2CO2)cc1. The number of rotatable bonds is 7. The molecule has 2 atom stereocenters. The Labute approximate surface area is 139 Å². The molecule has 114 valence electrons. The third-order valence-electron chi connectivity index (χ3n) is 3.71. The molecular weight excluding hydrogens is 312 g/mol. The number of hydrogen-bond acceptors (Lipinski definition) is 4. The maximum Gasteiger partial charge on any atom is 0.0903 e. The van der Waals surface area contributed by atoms with E-state index in [2.05, 4.69) is 48.5 Å². The lowest BCUT2D eigenvalue weighted by atomic mass is 10.1. The lowest BCUT2D eigenvalue weighted by Gasteiger charge is -2.14. The van der Waals surface area contributed by atoms with Gasteiger partial charge in [0.15, 0.2) is 0 Å². The number of ether oxygens (including phenoxy) is 2. The van der Waals surface area contributed by atoms with E-state index in [0.29, 0.717) is 12.2 Å². The molecule has 2 unspecified atom stereocenters. The van der Waals surface area contributed by atoms with E-state index < -0.39 is 0 Å². The average Bonchev–Trinajstić information content (AvgIpc) is 3.47. The van der Waals surface area contributed by atoms with Gasteiger partial charge in [0.25, 0.3) is 0 Å². The maximum atomic E-state index is 5.38. The first-order chi connectivity index (χ1) is 10.9. The second kappa shape index (κ2) is 6.67. The first-order valence-corrected chi connectivity index (χ1v) is 9.54. The highest BCUT2D eigenvalue weighted by Gasteiger charge is 2.25. The summed E-state index contributed by atoms with van der Waals surface area (Å²) in [5.74, 6) is 2.09. The summed E-state index contributed by atoms with van der Waals surface area (Å²) in [4.78, 5) is 2.75. The van der Waals surface area contributed by atoms with E-state index in [0.717, 1.165) is 24.7 Å². The summed E-state index contributed by atoms with van der Waals surface area (Å²) in [6.45, 7) is 1.84. The lowest BCUT2D eigenvalue weighted by molar-refractivity contribution is 0.425. The van der Waals surface area contributed by atoms with Crippen LogP contribution in [-0.4, -0.2) is 36.9 Å².